The average Bonchev–Trinajstić information content (AvgIpc) is 2.68. The number of aliphatic hydroxyl groups is 1. The summed E-state index contributed by atoms with van der Waals surface area (Å²) >= 11 is 3.46. The molecule has 2 nitrogen and oxygen atoms in total. The van der Waals surface area contributed by atoms with Crippen molar-refractivity contribution >= 4 is 15.9 Å². The summed E-state index contributed by atoms with van der Waals surface area (Å²) in [6, 6.07) is 8.78. The van der Waals surface area contributed by atoms with Crippen molar-refractivity contribution in [3.63, 3.8) is 0 Å². The van der Waals surface area contributed by atoms with E-state index in [9.17, 15) is 5.11 Å². The predicted molar refractivity (Wildman–Crippen MR) is 83.2 cm³/mol. The van der Waals surface area contributed by atoms with Crippen LogP contribution in [0.5, 0.6) is 0 Å². The van der Waals surface area contributed by atoms with Crippen molar-refractivity contribution in [2.24, 2.45) is 0 Å². The minimum absolute atomic E-state index is 0.130. The van der Waals surface area contributed by atoms with Crippen molar-refractivity contribution in [3.8, 4) is 0 Å². The molecule has 1 aliphatic rings. The van der Waals surface area contributed by atoms with Crippen molar-refractivity contribution in [2.75, 3.05) is 6.61 Å². The first-order chi connectivity index (χ1) is 9.14. The molecule has 1 aromatic carbocycles. The number of hydrogen-bond donors (Lipinski definition) is 2. The zero-order valence-electron chi connectivity index (χ0n) is 11.7. The molecule has 1 fully saturated rings. The van der Waals surface area contributed by atoms with Crippen molar-refractivity contribution in [1.82, 2.24) is 5.32 Å². The van der Waals surface area contributed by atoms with E-state index in [1.165, 1.54) is 38.5 Å². The molecule has 0 aromatic heterocycles. The molecular weight excluding hydrogens is 302 g/mol. The largest absolute Gasteiger partial charge is 0.394 e. The molecule has 0 bridgehead atoms. The molecule has 2 rings (SSSR count). The highest BCUT2D eigenvalue weighted by molar-refractivity contribution is 9.10. The van der Waals surface area contributed by atoms with E-state index in [-0.39, 0.29) is 12.1 Å². The van der Waals surface area contributed by atoms with Gasteiger partial charge in [-0.2, -0.15) is 0 Å². The third kappa shape index (κ3) is 4.04. The van der Waals surface area contributed by atoms with Crippen LogP contribution in [0.4, 0.5) is 0 Å². The molecule has 0 radical (unpaired) electrons. The van der Waals surface area contributed by atoms with Crippen LogP contribution in [0, 0.1) is 0 Å². The second-order valence-electron chi connectivity index (χ2n) is 5.83. The normalized spacial score (nSPS) is 20.8. The van der Waals surface area contributed by atoms with Crippen LogP contribution in [-0.4, -0.2) is 17.8 Å². The van der Waals surface area contributed by atoms with Gasteiger partial charge >= 0.3 is 0 Å². The first-order valence-electron chi connectivity index (χ1n) is 7.29. The number of aliphatic hydroxyl groups excluding tert-OH is 1. The maximum absolute atomic E-state index is 9.83. The molecule has 106 valence electrons. The second kappa shape index (κ2) is 6.87. The van der Waals surface area contributed by atoms with Gasteiger partial charge in [0.05, 0.1) is 12.1 Å². The van der Waals surface area contributed by atoms with Crippen molar-refractivity contribution in [1.29, 1.82) is 0 Å². The van der Waals surface area contributed by atoms with Crippen LogP contribution in [-0.2, 0) is 5.54 Å². The molecule has 1 aliphatic carbocycles. The number of benzene rings is 1. The van der Waals surface area contributed by atoms with Crippen LogP contribution in [0.15, 0.2) is 28.7 Å². The fraction of sp³-hybridized carbons (Fsp3) is 0.625. The third-order valence-corrected chi connectivity index (χ3v) is 4.70. The van der Waals surface area contributed by atoms with Crippen molar-refractivity contribution in [3.05, 3.63) is 34.3 Å². The van der Waals surface area contributed by atoms with Gasteiger partial charge < -0.3 is 10.4 Å². The summed E-state index contributed by atoms with van der Waals surface area (Å²) < 4.78 is 1.08. The van der Waals surface area contributed by atoms with Crippen LogP contribution in [0.1, 0.15) is 51.0 Å². The highest BCUT2D eigenvalue weighted by Crippen LogP contribution is 2.26. The smallest absolute Gasteiger partial charge is 0.0652 e. The standard InChI is InChI=1S/C16H24BrNO/c1-16(12-19,13-8-10-14(17)11-9-13)18-15-6-4-2-3-5-7-15/h8-11,15,18-19H,2-7,12H2,1H3. The maximum Gasteiger partial charge on any atom is 0.0652 e. The first kappa shape index (κ1) is 15.0. The van der Waals surface area contributed by atoms with E-state index < -0.39 is 0 Å². The monoisotopic (exact) mass is 325 g/mol. The topological polar surface area (TPSA) is 32.3 Å². The Balaban J connectivity index is 2.10. The van der Waals surface area contributed by atoms with Gasteiger partial charge in [-0.25, -0.2) is 0 Å². The summed E-state index contributed by atoms with van der Waals surface area (Å²) in [5, 5.41) is 13.5. The van der Waals surface area contributed by atoms with Crippen LogP contribution < -0.4 is 5.32 Å². The molecule has 0 spiro atoms. The molecule has 0 heterocycles. The van der Waals surface area contributed by atoms with E-state index in [0.29, 0.717) is 6.04 Å². The predicted octanol–water partition coefficient (Wildman–Crippen LogP) is 3.97. The molecule has 1 saturated carbocycles. The molecule has 3 heteroatoms. The third-order valence-electron chi connectivity index (χ3n) is 4.18. The van der Waals surface area contributed by atoms with E-state index in [4.69, 9.17) is 0 Å². The van der Waals surface area contributed by atoms with Crippen LogP contribution in [0.25, 0.3) is 0 Å². The zero-order chi connectivity index (χ0) is 13.7. The first-order valence-corrected chi connectivity index (χ1v) is 8.08. The van der Waals surface area contributed by atoms with Crippen LogP contribution >= 0.6 is 15.9 Å². The van der Waals surface area contributed by atoms with Gasteiger partial charge in [-0.15, -0.1) is 0 Å². The van der Waals surface area contributed by atoms with E-state index in [1.807, 2.05) is 12.1 Å². The Morgan fingerprint density at radius 3 is 2.26 bits per heavy atom. The van der Waals surface area contributed by atoms with Gasteiger partial charge in [0.1, 0.15) is 0 Å². The van der Waals surface area contributed by atoms with E-state index in [2.05, 4.69) is 40.3 Å². The molecular formula is C16H24BrNO. The van der Waals surface area contributed by atoms with E-state index in [1.54, 1.807) is 0 Å². The Bertz CT molecular complexity index is 384. The van der Waals surface area contributed by atoms with Gasteiger partial charge in [-0.1, -0.05) is 53.7 Å². The SMILES string of the molecule is CC(CO)(NC1CCCCCC1)c1ccc(Br)cc1. The Hall–Kier alpha value is -0.380. The lowest BCUT2D eigenvalue weighted by molar-refractivity contribution is 0.157. The van der Waals surface area contributed by atoms with Gasteiger partial charge in [0.25, 0.3) is 0 Å². The minimum atomic E-state index is -0.338. The highest BCUT2D eigenvalue weighted by atomic mass is 79.9. The number of nitrogens with one attached hydrogen (secondary N) is 1. The summed E-state index contributed by atoms with van der Waals surface area (Å²) in [6.07, 6.45) is 7.77. The zero-order valence-corrected chi connectivity index (χ0v) is 13.2. The summed E-state index contributed by atoms with van der Waals surface area (Å²) in [6.45, 7) is 2.23. The Kier molecular flexibility index (Phi) is 5.43. The molecule has 0 amide bonds. The molecule has 19 heavy (non-hydrogen) atoms. The number of hydrogen-bond acceptors (Lipinski definition) is 2. The lowest BCUT2D eigenvalue weighted by Gasteiger charge is -2.34. The Morgan fingerprint density at radius 2 is 1.74 bits per heavy atom. The summed E-state index contributed by atoms with van der Waals surface area (Å²) in [5.74, 6) is 0. The lowest BCUT2D eigenvalue weighted by atomic mass is 9.91. The maximum atomic E-state index is 9.83. The quantitative estimate of drug-likeness (QED) is 0.821. The lowest BCUT2D eigenvalue weighted by Crippen LogP contribution is -2.48. The molecule has 1 unspecified atom stereocenters. The van der Waals surface area contributed by atoms with Gasteiger partial charge in [0, 0.05) is 10.5 Å². The van der Waals surface area contributed by atoms with Crippen molar-refractivity contribution < 1.29 is 5.11 Å². The van der Waals surface area contributed by atoms with Gasteiger partial charge in [0.15, 0.2) is 0 Å². The molecule has 1 aromatic rings. The Labute approximate surface area is 124 Å². The number of halogens is 1. The summed E-state index contributed by atoms with van der Waals surface area (Å²) in [7, 11) is 0. The molecule has 0 aliphatic heterocycles. The number of rotatable bonds is 4. The van der Waals surface area contributed by atoms with Gasteiger partial charge in [-0.3, -0.25) is 0 Å². The highest BCUT2D eigenvalue weighted by Gasteiger charge is 2.28. The summed E-state index contributed by atoms with van der Waals surface area (Å²) in [5.41, 5.74) is 0.817. The second-order valence-corrected chi connectivity index (χ2v) is 6.75. The van der Waals surface area contributed by atoms with Crippen LogP contribution in [0.2, 0.25) is 0 Å². The fourth-order valence-corrected chi connectivity index (χ4v) is 3.18. The van der Waals surface area contributed by atoms with Crippen LogP contribution in [0.3, 0.4) is 0 Å². The Morgan fingerprint density at radius 1 is 1.16 bits per heavy atom. The summed E-state index contributed by atoms with van der Waals surface area (Å²) in [4.78, 5) is 0. The fourth-order valence-electron chi connectivity index (χ4n) is 2.91. The minimum Gasteiger partial charge on any atom is -0.394 e. The van der Waals surface area contributed by atoms with Gasteiger partial charge in [-0.05, 0) is 37.5 Å². The van der Waals surface area contributed by atoms with E-state index >= 15 is 0 Å². The van der Waals surface area contributed by atoms with E-state index in [0.717, 1.165) is 10.0 Å². The molecule has 1 atom stereocenters. The molecule has 2 N–H and O–H groups in total. The molecule has 0 saturated heterocycles. The van der Waals surface area contributed by atoms with Gasteiger partial charge in [0.2, 0.25) is 0 Å². The average molecular weight is 326 g/mol. The van der Waals surface area contributed by atoms with Crippen molar-refractivity contribution in [2.45, 2.75) is 57.0 Å².